The molecule has 0 spiro atoms. The number of rotatable bonds is 3. The van der Waals surface area contributed by atoms with Gasteiger partial charge in [-0.3, -0.25) is 4.79 Å². The molecule has 0 radical (unpaired) electrons. The van der Waals surface area contributed by atoms with Crippen molar-refractivity contribution in [1.82, 2.24) is 4.90 Å². The average molecular weight is 367 g/mol. The molecule has 1 aliphatic heterocycles. The summed E-state index contributed by atoms with van der Waals surface area (Å²) in [5.74, 6) is 0.0288. The third kappa shape index (κ3) is 4.58. The van der Waals surface area contributed by atoms with Crippen molar-refractivity contribution in [3.63, 3.8) is 0 Å². The molecular formula is C21H25N3O3. The van der Waals surface area contributed by atoms with Gasteiger partial charge in [-0.15, -0.1) is 0 Å². The Morgan fingerprint density at radius 3 is 2.41 bits per heavy atom. The molecule has 0 bridgehead atoms. The molecule has 2 aromatic rings. The van der Waals surface area contributed by atoms with Crippen LogP contribution < -0.4 is 15.0 Å². The fraction of sp³-hybridized carbons (Fsp3) is 0.333. The second kappa shape index (κ2) is 8.12. The summed E-state index contributed by atoms with van der Waals surface area (Å²) in [6, 6.07) is 13.0. The van der Waals surface area contributed by atoms with Crippen molar-refractivity contribution < 1.29 is 14.3 Å². The fourth-order valence-corrected chi connectivity index (χ4v) is 3.23. The molecule has 6 nitrogen and oxygen atoms in total. The van der Waals surface area contributed by atoms with Crippen LogP contribution in [0.5, 0.6) is 5.75 Å². The van der Waals surface area contributed by atoms with Crippen LogP contribution in [0.2, 0.25) is 0 Å². The van der Waals surface area contributed by atoms with Gasteiger partial charge in [0.05, 0.1) is 0 Å². The van der Waals surface area contributed by atoms with E-state index in [2.05, 4.69) is 42.3 Å². The number of amides is 2. The van der Waals surface area contributed by atoms with Gasteiger partial charge in [-0.1, -0.05) is 18.2 Å². The molecule has 3 rings (SSSR count). The summed E-state index contributed by atoms with van der Waals surface area (Å²) in [6.07, 6.45) is 0. The van der Waals surface area contributed by atoms with Crippen molar-refractivity contribution in [2.24, 2.45) is 0 Å². The first kappa shape index (κ1) is 18.8. The molecule has 2 aromatic carbocycles. The van der Waals surface area contributed by atoms with E-state index in [0.717, 1.165) is 13.1 Å². The third-order valence-electron chi connectivity index (χ3n) is 4.83. The maximum atomic E-state index is 12.6. The lowest BCUT2D eigenvalue weighted by Gasteiger charge is -2.37. The minimum Gasteiger partial charge on any atom is -0.427 e. The van der Waals surface area contributed by atoms with E-state index in [0.29, 0.717) is 24.5 Å². The van der Waals surface area contributed by atoms with Gasteiger partial charge >= 0.3 is 12.0 Å². The second-order valence-electron chi connectivity index (χ2n) is 6.74. The number of hydrogen-bond donors (Lipinski definition) is 1. The number of aryl methyl sites for hydroxylation is 1. The van der Waals surface area contributed by atoms with Crippen LogP contribution in [0.4, 0.5) is 16.2 Å². The Labute approximate surface area is 159 Å². The monoisotopic (exact) mass is 367 g/mol. The van der Waals surface area contributed by atoms with Gasteiger partial charge < -0.3 is 19.9 Å². The minimum atomic E-state index is -0.388. The zero-order chi connectivity index (χ0) is 19.4. The highest BCUT2D eigenvalue weighted by atomic mass is 16.5. The van der Waals surface area contributed by atoms with Crippen LogP contribution in [0.15, 0.2) is 42.5 Å². The molecule has 0 aromatic heterocycles. The number of anilines is 2. The molecule has 1 saturated heterocycles. The molecule has 0 aliphatic carbocycles. The molecule has 142 valence electrons. The van der Waals surface area contributed by atoms with Crippen molar-refractivity contribution >= 4 is 23.4 Å². The van der Waals surface area contributed by atoms with Gasteiger partial charge in [-0.2, -0.15) is 0 Å². The van der Waals surface area contributed by atoms with Crippen LogP contribution >= 0.6 is 0 Å². The van der Waals surface area contributed by atoms with Crippen LogP contribution in [0.25, 0.3) is 0 Å². The van der Waals surface area contributed by atoms with Crippen molar-refractivity contribution in [1.29, 1.82) is 0 Å². The largest absolute Gasteiger partial charge is 0.427 e. The van der Waals surface area contributed by atoms with E-state index in [1.807, 2.05) is 0 Å². The van der Waals surface area contributed by atoms with E-state index in [1.165, 1.54) is 23.7 Å². The Morgan fingerprint density at radius 1 is 1.00 bits per heavy atom. The Balaban J connectivity index is 1.59. The van der Waals surface area contributed by atoms with Crippen molar-refractivity contribution in [2.75, 3.05) is 36.4 Å². The highest BCUT2D eigenvalue weighted by molar-refractivity contribution is 5.89. The summed E-state index contributed by atoms with van der Waals surface area (Å²) in [4.78, 5) is 27.8. The summed E-state index contributed by atoms with van der Waals surface area (Å²) in [6.45, 7) is 8.51. The maximum Gasteiger partial charge on any atom is 0.321 e. The summed E-state index contributed by atoms with van der Waals surface area (Å²) in [5.41, 5.74) is 4.41. The molecule has 6 heteroatoms. The first-order valence-electron chi connectivity index (χ1n) is 9.09. The predicted octanol–water partition coefficient (Wildman–Crippen LogP) is 3.58. The summed E-state index contributed by atoms with van der Waals surface area (Å²) in [7, 11) is 0. The van der Waals surface area contributed by atoms with Crippen molar-refractivity contribution in [3.8, 4) is 5.75 Å². The zero-order valence-corrected chi connectivity index (χ0v) is 16.0. The normalized spacial score (nSPS) is 14.0. The SMILES string of the molecule is CC(=O)Oc1cccc(NC(=O)N2CCN(c3cccc(C)c3C)CC2)c1. The third-order valence-corrected chi connectivity index (χ3v) is 4.83. The molecular weight excluding hydrogens is 342 g/mol. The molecule has 27 heavy (non-hydrogen) atoms. The van der Waals surface area contributed by atoms with Gasteiger partial charge in [-0.25, -0.2) is 4.79 Å². The Hall–Kier alpha value is -3.02. The van der Waals surface area contributed by atoms with Crippen LogP contribution in [0.1, 0.15) is 18.1 Å². The van der Waals surface area contributed by atoms with Gasteiger partial charge in [0.25, 0.3) is 0 Å². The van der Waals surface area contributed by atoms with E-state index in [1.54, 1.807) is 29.2 Å². The molecule has 2 amide bonds. The Morgan fingerprint density at radius 2 is 1.70 bits per heavy atom. The number of carbonyl (C=O) groups is 2. The number of hydrogen-bond acceptors (Lipinski definition) is 4. The number of esters is 1. The highest BCUT2D eigenvalue weighted by Crippen LogP contribution is 2.24. The standard InChI is InChI=1S/C21H25N3O3/c1-15-6-4-9-20(16(15)2)23-10-12-24(13-11-23)21(26)22-18-7-5-8-19(14-18)27-17(3)25/h4-9,14H,10-13H2,1-3H3,(H,22,26). The van der Waals surface area contributed by atoms with E-state index < -0.39 is 0 Å². The molecule has 0 unspecified atom stereocenters. The van der Waals surface area contributed by atoms with Gasteiger partial charge in [-0.05, 0) is 43.2 Å². The van der Waals surface area contributed by atoms with Gasteiger partial charge in [0.1, 0.15) is 5.75 Å². The summed E-state index contributed by atoms with van der Waals surface area (Å²) < 4.78 is 5.06. The van der Waals surface area contributed by atoms with Crippen LogP contribution in [0, 0.1) is 13.8 Å². The summed E-state index contributed by atoms with van der Waals surface area (Å²) in [5, 5.41) is 2.88. The second-order valence-corrected chi connectivity index (χ2v) is 6.74. The molecule has 0 atom stereocenters. The van der Waals surface area contributed by atoms with Gasteiger partial charge in [0.2, 0.25) is 0 Å². The molecule has 1 heterocycles. The van der Waals surface area contributed by atoms with Crippen molar-refractivity contribution in [2.45, 2.75) is 20.8 Å². The lowest BCUT2D eigenvalue weighted by Crippen LogP contribution is -2.50. The minimum absolute atomic E-state index is 0.143. The molecule has 1 fully saturated rings. The maximum absolute atomic E-state index is 12.6. The molecule has 1 N–H and O–H groups in total. The van der Waals surface area contributed by atoms with Crippen LogP contribution in [-0.4, -0.2) is 43.1 Å². The van der Waals surface area contributed by atoms with Gasteiger partial charge in [0.15, 0.2) is 0 Å². The number of benzene rings is 2. The molecule has 1 aliphatic rings. The lowest BCUT2D eigenvalue weighted by atomic mass is 10.1. The highest BCUT2D eigenvalue weighted by Gasteiger charge is 2.22. The topological polar surface area (TPSA) is 61.9 Å². The quantitative estimate of drug-likeness (QED) is 0.665. The number of nitrogens with one attached hydrogen (secondary N) is 1. The lowest BCUT2D eigenvalue weighted by molar-refractivity contribution is -0.131. The van der Waals surface area contributed by atoms with E-state index in [9.17, 15) is 9.59 Å². The number of carbonyl (C=O) groups excluding carboxylic acids is 2. The average Bonchev–Trinajstić information content (AvgIpc) is 2.64. The summed E-state index contributed by atoms with van der Waals surface area (Å²) >= 11 is 0. The zero-order valence-electron chi connectivity index (χ0n) is 16.0. The van der Waals surface area contributed by atoms with Crippen molar-refractivity contribution in [3.05, 3.63) is 53.6 Å². The van der Waals surface area contributed by atoms with Gasteiger partial charge in [0, 0.05) is 50.5 Å². The van der Waals surface area contributed by atoms with E-state index in [-0.39, 0.29) is 12.0 Å². The smallest absolute Gasteiger partial charge is 0.321 e. The van der Waals surface area contributed by atoms with Crippen LogP contribution in [-0.2, 0) is 4.79 Å². The number of ether oxygens (including phenoxy) is 1. The molecule has 0 saturated carbocycles. The number of urea groups is 1. The Bertz CT molecular complexity index is 842. The number of nitrogens with zero attached hydrogens (tertiary/aromatic N) is 2. The fourth-order valence-electron chi connectivity index (χ4n) is 3.23. The number of piperazine rings is 1. The van der Waals surface area contributed by atoms with E-state index >= 15 is 0 Å². The Kier molecular flexibility index (Phi) is 5.64. The van der Waals surface area contributed by atoms with Crippen LogP contribution in [0.3, 0.4) is 0 Å². The van der Waals surface area contributed by atoms with E-state index in [4.69, 9.17) is 4.74 Å². The first-order chi connectivity index (χ1) is 12.9. The predicted molar refractivity (Wildman–Crippen MR) is 106 cm³/mol. The first-order valence-corrected chi connectivity index (χ1v) is 9.09.